The largest absolute Gasteiger partial charge is 0.497 e. The van der Waals surface area contributed by atoms with Gasteiger partial charge in [0.1, 0.15) is 5.75 Å². The van der Waals surface area contributed by atoms with Crippen molar-refractivity contribution in [3.63, 3.8) is 0 Å². The van der Waals surface area contributed by atoms with E-state index in [2.05, 4.69) is 34.1 Å². The van der Waals surface area contributed by atoms with E-state index < -0.39 is 12.1 Å². The van der Waals surface area contributed by atoms with Crippen LogP contribution in [0.3, 0.4) is 0 Å². The number of amides is 1. The van der Waals surface area contributed by atoms with Crippen LogP contribution in [0, 0.1) is 5.92 Å². The Labute approximate surface area is 205 Å². The summed E-state index contributed by atoms with van der Waals surface area (Å²) in [6.45, 7) is 4.26. The molecule has 4 rings (SSSR count). The van der Waals surface area contributed by atoms with Crippen molar-refractivity contribution >= 4 is 11.9 Å². The van der Waals surface area contributed by atoms with Crippen LogP contribution in [0.25, 0.3) is 0 Å². The molecule has 1 spiro atoms. The first-order chi connectivity index (χ1) is 16.6. The lowest BCUT2D eigenvalue weighted by atomic mass is 9.84. The summed E-state index contributed by atoms with van der Waals surface area (Å²) in [5.74, 6) is -0.672. The highest BCUT2D eigenvalue weighted by atomic mass is 19.4. The summed E-state index contributed by atoms with van der Waals surface area (Å²) in [7, 11) is 1.71. The van der Waals surface area contributed by atoms with Crippen molar-refractivity contribution in [2.24, 2.45) is 5.92 Å². The lowest BCUT2D eigenvalue weighted by molar-refractivity contribution is -0.192. The lowest BCUT2D eigenvalue weighted by Gasteiger charge is -2.41. The Hall–Kier alpha value is -2.29. The third-order valence-corrected chi connectivity index (χ3v) is 7.66. The molecule has 6 nitrogen and oxygen atoms in total. The van der Waals surface area contributed by atoms with E-state index >= 15 is 0 Å². The van der Waals surface area contributed by atoms with Gasteiger partial charge in [0.05, 0.1) is 7.11 Å². The maximum Gasteiger partial charge on any atom is 0.490 e. The van der Waals surface area contributed by atoms with Crippen LogP contribution in [-0.2, 0) is 16.1 Å². The topological polar surface area (TPSA) is 70.1 Å². The first kappa shape index (κ1) is 27.3. The van der Waals surface area contributed by atoms with E-state index in [0.717, 1.165) is 57.1 Å². The minimum absolute atomic E-state index is 0.142. The summed E-state index contributed by atoms with van der Waals surface area (Å²) in [6.07, 6.45) is 7.03. The lowest BCUT2D eigenvalue weighted by Crippen LogP contribution is -2.48. The number of halogens is 3. The molecule has 1 saturated carbocycles. The van der Waals surface area contributed by atoms with Crippen molar-refractivity contribution in [3.8, 4) is 5.75 Å². The summed E-state index contributed by atoms with van der Waals surface area (Å²) in [5.41, 5.74) is 1.49. The molecule has 2 heterocycles. The SMILES string of the molecule is COc1ccc(CN2CCCC3(CCC(=O)N3CC3CCCCC3)CC2)cc1.O=C(O)C(F)(F)F. The fourth-order valence-electron chi connectivity index (χ4n) is 5.70. The van der Waals surface area contributed by atoms with Crippen molar-refractivity contribution < 1.29 is 32.6 Å². The molecule has 9 heteroatoms. The van der Waals surface area contributed by atoms with Gasteiger partial charge in [0.15, 0.2) is 0 Å². The molecule has 1 aliphatic carbocycles. The quantitative estimate of drug-likeness (QED) is 0.600. The van der Waals surface area contributed by atoms with Crippen molar-refractivity contribution in [1.82, 2.24) is 9.80 Å². The number of benzene rings is 1. The average Bonchev–Trinajstić information content (AvgIpc) is 3.00. The van der Waals surface area contributed by atoms with E-state index in [1.807, 2.05) is 0 Å². The zero-order chi connectivity index (χ0) is 25.5. The fraction of sp³-hybridized carbons (Fsp3) is 0.692. The van der Waals surface area contributed by atoms with Gasteiger partial charge in [-0.1, -0.05) is 31.4 Å². The van der Waals surface area contributed by atoms with E-state index in [9.17, 15) is 18.0 Å². The summed E-state index contributed by atoms with van der Waals surface area (Å²) in [5, 5.41) is 7.12. The summed E-state index contributed by atoms with van der Waals surface area (Å²) in [4.78, 5) is 26.6. The number of methoxy groups -OCH3 is 1. The van der Waals surface area contributed by atoms with E-state index in [4.69, 9.17) is 14.6 Å². The Balaban J connectivity index is 0.000000429. The predicted molar refractivity (Wildman–Crippen MR) is 126 cm³/mol. The summed E-state index contributed by atoms with van der Waals surface area (Å²) in [6, 6.07) is 8.45. The highest BCUT2D eigenvalue weighted by Gasteiger charge is 2.46. The molecule has 0 radical (unpaired) electrons. The average molecular weight is 499 g/mol. The van der Waals surface area contributed by atoms with Crippen molar-refractivity contribution in [2.45, 2.75) is 82.5 Å². The Kier molecular flexibility index (Phi) is 9.44. The highest BCUT2D eigenvalue weighted by molar-refractivity contribution is 5.79. The second-order valence-electron chi connectivity index (χ2n) is 10.0. The van der Waals surface area contributed by atoms with Crippen LogP contribution >= 0.6 is 0 Å². The number of nitrogens with zero attached hydrogens (tertiary/aromatic N) is 2. The maximum absolute atomic E-state index is 12.8. The van der Waals surface area contributed by atoms with Crippen LogP contribution in [0.15, 0.2) is 24.3 Å². The van der Waals surface area contributed by atoms with Crippen LogP contribution in [0.2, 0.25) is 0 Å². The number of aliphatic carboxylic acids is 1. The van der Waals surface area contributed by atoms with Gasteiger partial charge in [-0.05, 0) is 68.7 Å². The molecule has 1 aromatic carbocycles. The Bertz CT molecular complexity index is 840. The third-order valence-electron chi connectivity index (χ3n) is 7.66. The van der Waals surface area contributed by atoms with Gasteiger partial charge in [-0.15, -0.1) is 0 Å². The van der Waals surface area contributed by atoms with Gasteiger partial charge in [-0.25, -0.2) is 4.79 Å². The van der Waals surface area contributed by atoms with Gasteiger partial charge >= 0.3 is 12.1 Å². The number of hydrogen-bond donors (Lipinski definition) is 1. The number of hydrogen-bond acceptors (Lipinski definition) is 4. The number of carbonyl (C=O) groups excluding carboxylic acids is 1. The number of ether oxygens (including phenoxy) is 1. The van der Waals surface area contributed by atoms with Crippen molar-refractivity contribution in [3.05, 3.63) is 29.8 Å². The highest BCUT2D eigenvalue weighted by Crippen LogP contribution is 2.41. The number of alkyl halides is 3. The molecular formula is C26H37F3N2O4. The van der Waals surface area contributed by atoms with Gasteiger partial charge in [-0.2, -0.15) is 13.2 Å². The van der Waals surface area contributed by atoms with Crippen molar-refractivity contribution in [2.75, 3.05) is 26.7 Å². The Morgan fingerprint density at radius 2 is 1.71 bits per heavy atom. The van der Waals surface area contributed by atoms with Gasteiger partial charge in [-0.3, -0.25) is 9.69 Å². The molecule has 1 aromatic rings. The van der Waals surface area contributed by atoms with E-state index in [1.54, 1.807) is 7.11 Å². The number of carbonyl (C=O) groups is 2. The number of carboxylic acid groups (broad SMARTS) is 1. The molecule has 2 saturated heterocycles. The normalized spacial score (nSPS) is 24.1. The van der Waals surface area contributed by atoms with E-state index in [1.165, 1.54) is 50.5 Å². The minimum atomic E-state index is -5.08. The van der Waals surface area contributed by atoms with Crippen LogP contribution in [-0.4, -0.2) is 65.2 Å². The molecule has 2 aliphatic heterocycles. The van der Waals surface area contributed by atoms with E-state index in [-0.39, 0.29) is 5.54 Å². The van der Waals surface area contributed by atoms with Crippen LogP contribution in [0.1, 0.15) is 69.8 Å². The summed E-state index contributed by atoms with van der Waals surface area (Å²) >= 11 is 0. The molecule has 1 unspecified atom stereocenters. The maximum atomic E-state index is 12.8. The van der Waals surface area contributed by atoms with Crippen LogP contribution < -0.4 is 4.74 Å². The van der Waals surface area contributed by atoms with Crippen LogP contribution in [0.4, 0.5) is 13.2 Å². The smallest absolute Gasteiger partial charge is 0.490 e. The standard InChI is InChI=1S/C24H36N2O2.C2HF3O2/c1-28-22-10-8-21(9-11-22)18-25-16-5-13-24(15-17-25)14-12-23(27)26(24)19-20-6-3-2-4-7-20;3-2(4,5)1(6)7/h8-11,20H,2-7,12-19H2,1H3;(H,6,7). The number of rotatable bonds is 5. The first-order valence-electron chi connectivity index (χ1n) is 12.6. The fourth-order valence-corrected chi connectivity index (χ4v) is 5.70. The molecule has 0 bridgehead atoms. The Morgan fingerprint density at radius 1 is 1.06 bits per heavy atom. The number of likely N-dealkylation sites (tertiary alicyclic amines) is 2. The zero-order valence-corrected chi connectivity index (χ0v) is 20.5. The second kappa shape index (κ2) is 12.1. The van der Waals surface area contributed by atoms with Gasteiger partial charge in [0.2, 0.25) is 5.91 Å². The third kappa shape index (κ3) is 7.59. The molecular weight excluding hydrogens is 461 g/mol. The monoisotopic (exact) mass is 498 g/mol. The minimum Gasteiger partial charge on any atom is -0.497 e. The van der Waals surface area contributed by atoms with Gasteiger partial charge < -0.3 is 14.7 Å². The number of carboxylic acids is 1. The molecule has 0 aromatic heterocycles. The van der Waals surface area contributed by atoms with Crippen LogP contribution in [0.5, 0.6) is 5.75 Å². The molecule has 1 N–H and O–H groups in total. The Morgan fingerprint density at radius 3 is 2.31 bits per heavy atom. The molecule has 3 aliphatic rings. The van der Waals surface area contributed by atoms with Gasteiger partial charge in [0, 0.05) is 31.6 Å². The van der Waals surface area contributed by atoms with Crippen molar-refractivity contribution in [1.29, 1.82) is 0 Å². The predicted octanol–water partition coefficient (Wildman–Crippen LogP) is 5.26. The molecule has 1 amide bonds. The first-order valence-corrected chi connectivity index (χ1v) is 12.6. The molecule has 1 atom stereocenters. The second-order valence-corrected chi connectivity index (χ2v) is 10.0. The van der Waals surface area contributed by atoms with E-state index in [0.29, 0.717) is 5.91 Å². The zero-order valence-electron chi connectivity index (χ0n) is 20.5. The molecule has 35 heavy (non-hydrogen) atoms. The summed E-state index contributed by atoms with van der Waals surface area (Å²) < 4.78 is 37.0. The molecule has 3 fully saturated rings. The van der Waals surface area contributed by atoms with Gasteiger partial charge in [0.25, 0.3) is 0 Å². The molecule has 196 valence electrons.